The minimum absolute atomic E-state index is 0.0558. The van der Waals surface area contributed by atoms with Gasteiger partial charge in [0.15, 0.2) is 5.16 Å². The van der Waals surface area contributed by atoms with E-state index in [0.717, 1.165) is 28.3 Å². The van der Waals surface area contributed by atoms with Crippen LogP contribution in [-0.4, -0.2) is 58.9 Å². The number of anilines is 2. The highest BCUT2D eigenvalue weighted by Crippen LogP contribution is 2.28. The van der Waals surface area contributed by atoms with Gasteiger partial charge in [0.05, 0.1) is 19.0 Å². The first-order chi connectivity index (χ1) is 13.9. The van der Waals surface area contributed by atoms with E-state index < -0.39 is 12.7 Å². The number of halogens is 3. The maximum atomic E-state index is 13.1. The van der Waals surface area contributed by atoms with Crippen LogP contribution in [0.3, 0.4) is 0 Å². The van der Waals surface area contributed by atoms with E-state index in [4.69, 9.17) is 4.74 Å². The van der Waals surface area contributed by atoms with Gasteiger partial charge in [0, 0.05) is 18.8 Å². The number of rotatable bonds is 7. The van der Waals surface area contributed by atoms with Gasteiger partial charge >= 0.3 is 6.18 Å². The van der Waals surface area contributed by atoms with Gasteiger partial charge in [0.1, 0.15) is 6.54 Å². The summed E-state index contributed by atoms with van der Waals surface area (Å²) in [5, 5.41) is 10.6. The SMILES string of the molecule is CCc1ccc(NC(=O)CSc2nnc(N3CCOCC3)n2CC(F)(F)F)cc1. The largest absolute Gasteiger partial charge is 0.406 e. The number of alkyl halides is 3. The number of thioether (sulfide) groups is 1. The fourth-order valence-corrected chi connectivity index (χ4v) is 3.59. The molecule has 3 rings (SSSR count). The second kappa shape index (κ2) is 9.49. The molecule has 158 valence electrons. The van der Waals surface area contributed by atoms with Gasteiger partial charge in [0.2, 0.25) is 11.9 Å². The molecule has 1 aliphatic heterocycles. The summed E-state index contributed by atoms with van der Waals surface area (Å²) >= 11 is 0.927. The number of hydrogen-bond donors (Lipinski definition) is 1. The van der Waals surface area contributed by atoms with Crippen molar-refractivity contribution in [2.24, 2.45) is 0 Å². The van der Waals surface area contributed by atoms with Gasteiger partial charge in [-0.05, 0) is 24.1 Å². The molecule has 1 N–H and O–H groups in total. The number of ether oxygens (including phenoxy) is 1. The molecule has 0 unspecified atom stereocenters. The summed E-state index contributed by atoms with van der Waals surface area (Å²) in [5.41, 5.74) is 1.78. The van der Waals surface area contributed by atoms with Crippen molar-refractivity contribution in [1.82, 2.24) is 14.8 Å². The number of hydrogen-bond acceptors (Lipinski definition) is 6. The summed E-state index contributed by atoms with van der Waals surface area (Å²) in [6, 6.07) is 7.42. The van der Waals surface area contributed by atoms with E-state index in [0.29, 0.717) is 32.0 Å². The number of morpholine rings is 1. The summed E-state index contributed by atoms with van der Waals surface area (Å²) < 4.78 is 45.5. The average molecular weight is 429 g/mol. The Morgan fingerprint density at radius 1 is 1.21 bits per heavy atom. The van der Waals surface area contributed by atoms with Crippen LogP contribution in [0, 0.1) is 0 Å². The van der Waals surface area contributed by atoms with Crippen LogP contribution in [0.1, 0.15) is 12.5 Å². The highest BCUT2D eigenvalue weighted by molar-refractivity contribution is 7.99. The molecule has 0 atom stereocenters. The van der Waals surface area contributed by atoms with Gasteiger partial charge in [-0.3, -0.25) is 9.36 Å². The summed E-state index contributed by atoms with van der Waals surface area (Å²) in [5.74, 6) is -0.258. The standard InChI is InChI=1S/C18H22F3N5O2S/c1-2-13-3-5-14(6-4-13)22-15(27)11-29-17-24-23-16(25-7-9-28-10-8-25)26(17)12-18(19,20)21/h3-6H,2,7-12H2,1H3,(H,22,27). The molecule has 0 radical (unpaired) electrons. The molecule has 29 heavy (non-hydrogen) atoms. The molecule has 0 saturated carbocycles. The van der Waals surface area contributed by atoms with Gasteiger partial charge < -0.3 is 15.0 Å². The van der Waals surface area contributed by atoms with Gasteiger partial charge in [0.25, 0.3) is 0 Å². The van der Waals surface area contributed by atoms with Crippen LogP contribution < -0.4 is 10.2 Å². The van der Waals surface area contributed by atoms with E-state index in [2.05, 4.69) is 15.5 Å². The Labute approximate surface area is 170 Å². The number of nitrogens with one attached hydrogen (secondary N) is 1. The fourth-order valence-electron chi connectivity index (χ4n) is 2.85. The number of nitrogens with zero attached hydrogens (tertiary/aromatic N) is 4. The molecule has 1 aromatic heterocycles. The molecule has 11 heteroatoms. The maximum absolute atomic E-state index is 13.1. The van der Waals surface area contributed by atoms with E-state index in [1.54, 1.807) is 17.0 Å². The summed E-state index contributed by atoms with van der Waals surface area (Å²) in [7, 11) is 0. The van der Waals surface area contributed by atoms with Crippen molar-refractivity contribution >= 4 is 29.3 Å². The minimum Gasteiger partial charge on any atom is -0.378 e. The average Bonchev–Trinajstić information content (AvgIpc) is 3.08. The normalized spacial score (nSPS) is 14.8. The van der Waals surface area contributed by atoms with E-state index in [9.17, 15) is 18.0 Å². The van der Waals surface area contributed by atoms with Crippen molar-refractivity contribution in [1.29, 1.82) is 0 Å². The van der Waals surface area contributed by atoms with Crippen molar-refractivity contribution in [2.75, 3.05) is 42.3 Å². The summed E-state index contributed by atoms with van der Waals surface area (Å²) in [6.07, 6.45) is -3.54. The number of amides is 1. The Balaban J connectivity index is 1.67. The molecule has 0 aliphatic carbocycles. The molecule has 1 saturated heterocycles. The van der Waals surface area contributed by atoms with Crippen molar-refractivity contribution in [2.45, 2.75) is 31.2 Å². The summed E-state index contributed by atoms with van der Waals surface area (Å²) in [4.78, 5) is 13.9. The Hall–Kier alpha value is -2.27. The van der Waals surface area contributed by atoms with E-state index >= 15 is 0 Å². The number of carbonyl (C=O) groups excluding carboxylic acids is 1. The van der Waals surface area contributed by atoms with Crippen LogP contribution in [0.4, 0.5) is 24.8 Å². The third-order valence-electron chi connectivity index (χ3n) is 4.31. The Kier molecular flexibility index (Phi) is 7.01. The smallest absolute Gasteiger partial charge is 0.378 e. The van der Waals surface area contributed by atoms with Crippen molar-refractivity contribution in [3.05, 3.63) is 29.8 Å². The van der Waals surface area contributed by atoms with E-state index in [-0.39, 0.29) is 22.8 Å². The molecular formula is C18H22F3N5O2S. The Bertz CT molecular complexity index is 820. The van der Waals surface area contributed by atoms with Crippen LogP contribution in [0.5, 0.6) is 0 Å². The van der Waals surface area contributed by atoms with Gasteiger partial charge in [-0.1, -0.05) is 30.8 Å². The Morgan fingerprint density at radius 2 is 1.90 bits per heavy atom. The zero-order chi connectivity index (χ0) is 20.9. The minimum atomic E-state index is -4.43. The van der Waals surface area contributed by atoms with Crippen molar-refractivity contribution in [3.8, 4) is 0 Å². The fraction of sp³-hybridized carbons (Fsp3) is 0.500. The lowest BCUT2D eigenvalue weighted by Crippen LogP contribution is -2.38. The quantitative estimate of drug-likeness (QED) is 0.683. The first-order valence-corrected chi connectivity index (χ1v) is 10.2. The molecule has 2 aromatic rings. The highest BCUT2D eigenvalue weighted by atomic mass is 32.2. The van der Waals surface area contributed by atoms with Crippen LogP contribution in [0.2, 0.25) is 0 Å². The van der Waals surface area contributed by atoms with E-state index in [1.807, 2.05) is 19.1 Å². The molecule has 1 aromatic carbocycles. The van der Waals surface area contributed by atoms with Crippen molar-refractivity contribution in [3.63, 3.8) is 0 Å². The Morgan fingerprint density at radius 3 is 2.52 bits per heavy atom. The second-order valence-corrected chi connectivity index (χ2v) is 7.41. The topological polar surface area (TPSA) is 72.3 Å². The van der Waals surface area contributed by atoms with Crippen LogP contribution in [-0.2, 0) is 22.5 Å². The third-order valence-corrected chi connectivity index (χ3v) is 5.27. The predicted molar refractivity (Wildman–Crippen MR) is 104 cm³/mol. The first-order valence-electron chi connectivity index (χ1n) is 9.20. The van der Waals surface area contributed by atoms with Gasteiger partial charge in [-0.2, -0.15) is 13.2 Å². The molecule has 1 amide bonds. The molecule has 0 bridgehead atoms. The van der Waals surface area contributed by atoms with Crippen LogP contribution >= 0.6 is 11.8 Å². The number of aryl methyl sites for hydroxylation is 1. The van der Waals surface area contributed by atoms with E-state index in [1.165, 1.54) is 0 Å². The lowest BCUT2D eigenvalue weighted by Gasteiger charge is -2.28. The number of benzene rings is 1. The van der Waals surface area contributed by atoms with Gasteiger partial charge in [-0.15, -0.1) is 10.2 Å². The van der Waals surface area contributed by atoms with Crippen LogP contribution in [0.15, 0.2) is 29.4 Å². The molecule has 2 heterocycles. The molecule has 0 spiro atoms. The zero-order valence-corrected chi connectivity index (χ0v) is 16.7. The van der Waals surface area contributed by atoms with Crippen LogP contribution in [0.25, 0.3) is 0 Å². The lowest BCUT2D eigenvalue weighted by molar-refractivity contribution is -0.141. The second-order valence-electron chi connectivity index (χ2n) is 6.47. The predicted octanol–water partition coefficient (Wildman–Crippen LogP) is 2.97. The van der Waals surface area contributed by atoms with Crippen molar-refractivity contribution < 1.29 is 22.7 Å². The lowest BCUT2D eigenvalue weighted by atomic mass is 10.1. The molecule has 7 nitrogen and oxygen atoms in total. The monoisotopic (exact) mass is 429 g/mol. The first kappa shape index (κ1) is 21.4. The molecular weight excluding hydrogens is 407 g/mol. The molecule has 1 fully saturated rings. The third kappa shape index (κ3) is 6.10. The highest BCUT2D eigenvalue weighted by Gasteiger charge is 2.33. The zero-order valence-electron chi connectivity index (χ0n) is 15.9. The molecule has 1 aliphatic rings. The van der Waals surface area contributed by atoms with Gasteiger partial charge in [-0.25, -0.2) is 0 Å². The maximum Gasteiger partial charge on any atom is 0.406 e. The number of carbonyl (C=O) groups is 1. The summed E-state index contributed by atoms with van der Waals surface area (Å²) in [6.45, 7) is 2.53. The number of aromatic nitrogens is 3.